The Labute approximate surface area is 160 Å². The van der Waals surface area contributed by atoms with E-state index in [0.717, 1.165) is 0 Å². The number of hydrazone groups is 1. The van der Waals surface area contributed by atoms with Crippen molar-refractivity contribution in [2.45, 2.75) is 13.8 Å². The molecule has 5 nitrogen and oxygen atoms in total. The summed E-state index contributed by atoms with van der Waals surface area (Å²) < 4.78 is 73.2. The molecule has 0 saturated heterocycles. The van der Waals surface area contributed by atoms with Crippen molar-refractivity contribution in [3.05, 3.63) is 64.5 Å². The Morgan fingerprint density at radius 2 is 1.62 bits per heavy atom. The van der Waals surface area contributed by atoms with E-state index in [1.54, 1.807) is 6.07 Å². The van der Waals surface area contributed by atoms with Gasteiger partial charge in [0.1, 0.15) is 11.4 Å². The van der Waals surface area contributed by atoms with Crippen LogP contribution in [-0.2, 0) is 9.59 Å². The number of benzene rings is 2. The first-order valence-corrected chi connectivity index (χ1v) is 8.03. The maximum absolute atomic E-state index is 14.0. The predicted molar refractivity (Wildman–Crippen MR) is 92.6 cm³/mol. The summed E-state index contributed by atoms with van der Waals surface area (Å²) in [4.78, 5) is 23.6. The van der Waals surface area contributed by atoms with Crippen molar-refractivity contribution in [2.24, 2.45) is 5.10 Å². The normalized spacial score (nSPS) is 15.1. The van der Waals surface area contributed by atoms with Crippen LogP contribution in [0.3, 0.4) is 0 Å². The molecular formula is C19H11F5N2O3. The number of hydrogen-bond acceptors (Lipinski definition) is 4. The minimum atomic E-state index is -2.34. The molecule has 2 aromatic carbocycles. The molecule has 0 bridgehead atoms. The van der Waals surface area contributed by atoms with E-state index < -0.39 is 46.6 Å². The minimum Gasteiger partial charge on any atom is -0.427 e. The van der Waals surface area contributed by atoms with Crippen LogP contribution in [-0.4, -0.2) is 17.6 Å². The Bertz CT molecular complexity index is 1080. The van der Waals surface area contributed by atoms with Gasteiger partial charge >= 0.3 is 5.97 Å². The molecule has 1 aliphatic heterocycles. The maximum Gasteiger partial charge on any atom is 0.308 e. The van der Waals surface area contributed by atoms with Crippen LogP contribution in [0.15, 0.2) is 34.9 Å². The van der Waals surface area contributed by atoms with Crippen molar-refractivity contribution in [1.82, 2.24) is 0 Å². The highest BCUT2D eigenvalue weighted by molar-refractivity contribution is 6.32. The number of nitrogens with zero attached hydrogens (tertiary/aromatic N) is 2. The summed E-state index contributed by atoms with van der Waals surface area (Å²) in [6.45, 7) is 2.52. The van der Waals surface area contributed by atoms with Crippen molar-refractivity contribution in [1.29, 1.82) is 0 Å². The fourth-order valence-electron chi connectivity index (χ4n) is 2.62. The van der Waals surface area contributed by atoms with Crippen LogP contribution in [0, 0.1) is 29.1 Å². The number of carbonyl (C=O) groups is 2. The van der Waals surface area contributed by atoms with E-state index in [1.807, 2.05) is 0 Å². The first-order valence-electron chi connectivity index (χ1n) is 8.03. The summed E-state index contributed by atoms with van der Waals surface area (Å²) in [7, 11) is 0. The number of rotatable bonds is 3. The zero-order chi connectivity index (χ0) is 21.5. The van der Waals surface area contributed by atoms with Crippen LogP contribution in [0.25, 0.3) is 6.08 Å². The van der Waals surface area contributed by atoms with Gasteiger partial charge in [0.05, 0.1) is 11.3 Å². The molecule has 0 atom stereocenters. The van der Waals surface area contributed by atoms with Crippen LogP contribution < -0.4 is 9.75 Å². The highest BCUT2D eigenvalue weighted by atomic mass is 19.2. The zero-order valence-electron chi connectivity index (χ0n) is 14.9. The zero-order valence-corrected chi connectivity index (χ0v) is 14.9. The second kappa shape index (κ2) is 7.46. The average Bonchev–Trinajstić information content (AvgIpc) is 2.93. The Kier molecular flexibility index (Phi) is 5.19. The monoisotopic (exact) mass is 410 g/mol. The molecule has 0 radical (unpaired) electrons. The van der Waals surface area contributed by atoms with Gasteiger partial charge in [0.2, 0.25) is 5.82 Å². The largest absolute Gasteiger partial charge is 0.427 e. The standard InChI is InChI=1S/C19H11F5N2O3/c1-8-12(7-10-4-3-5-11(6-10)29-9(2)27)19(28)26(25-8)18-16(23)14(21)13(20)15(22)17(18)24/h3-7H,1-2H3/b12-7-. The Hall–Kier alpha value is -3.56. The lowest BCUT2D eigenvalue weighted by Gasteiger charge is -2.15. The molecular weight excluding hydrogens is 399 g/mol. The molecule has 29 heavy (non-hydrogen) atoms. The summed E-state index contributed by atoms with van der Waals surface area (Å²) in [6.07, 6.45) is 1.28. The number of ether oxygens (including phenoxy) is 1. The van der Waals surface area contributed by atoms with Gasteiger partial charge in [-0.1, -0.05) is 12.1 Å². The molecule has 0 N–H and O–H groups in total. The number of esters is 1. The summed E-state index contributed by atoms with van der Waals surface area (Å²) in [5.41, 5.74) is -1.26. The molecule has 1 amide bonds. The van der Waals surface area contributed by atoms with Gasteiger partial charge in [-0.3, -0.25) is 9.59 Å². The third-order valence-corrected chi connectivity index (χ3v) is 3.89. The SMILES string of the molecule is CC(=O)Oc1cccc(/C=C2\C(=O)N(c3c(F)c(F)c(F)c(F)c3F)N=C2C)c1. The van der Waals surface area contributed by atoms with Crippen LogP contribution in [0.5, 0.6) is 5.75 Å². The first kappa shape index (κ1) is 20.2. The van der Waals surface area contributed by atoms with Crippen LogP contribution in [0.1, 0.15) is 19.4 Å². The van der Waals surface area contributed by atoms with E-state index in [1.165, 1.54) is 38.1 Å². The number of amides is 1. The number of hydrogen-bond donors (Lipinski definition) is 0. The van der Waals surface area contributed by atoms with E-state index >= 15 is 0 Å². The predicted octanol–water partition coefficient (Wildman–Crippen LogP) is 4.11. The van der Waals surface area contributed by atoms with Crippen molar-refractivity contribution in [3.63, 3.8) is 0 Å². The summed E-state index contributed by atoms with van der Waals surface area (Å²) >= 11 is 0. The van der Waals surface area contributed by atoms with Crippen LogP contribution >= 0.6 is 0 Å². The molecule has 1 heterocycles. The van der Waals surface area contributed by atoms with Gasteiger partial charge in [-0.2, -0.15) is 10.1 Å². The highest BCUT2D eigenvalue weighted by Gasteiger charge is 2.36. The van der Waals surface area contributed by atoms with Crippen molar-refractivity contribution >= 4 is 29.4 Å². The lowest BCUT2D eigenvalue weighted by atomic mass is 10.1. The van der Waals surface area contributed by atoms with E-state index in [-0.39, 0.29) is 22.0 Å². The van der Waals surface area contributed by atoms with E-state index in [4.69, 9.17) is 4.74 Å². The molecule has 150 valence electrons. The summed E-state index contributed by atoms with van der Waals surface area (Å²) in [5.74, 6) is -12.5. The smallest absolute Gasteiger partial charge is 0.308 e. The number of anilines is 1. The lowest BCUT2D eigenvalue weighted by Crippen LogP contribution is -2.25. The minimum absolute atomic E-state index is 0.0168. The first-order chi connectivity index (χ1) is 13.6. The van der Waals surface area contributed by atoms with Gasteiger partial charge < -0.3 is 4.74 Å². The Morgan fingerprint density at radius 1 is 1.03 bits per heavy atom. The number of carbonyl (C=O) groups excluding carboxylic acids is 2. The molecule has 1 aliphatic rings. The molecule has 0 fully saturated rings. The molecule has 0 aliphatic carbocycles. The molecule has 3 rings (SSSR count). The molecule has 10 heteroatoms. The van der Waals surface area contributed by atoms with Crippen molar-refractivity contribution in [2.75, 3.05) is 5.01 Å². The highest BCUT2D eigenvalue weighted by Crippen LogP contribution is 2.34. The van der Waals surface area contributed by atoms with Gasteiger partial charge in [0.25, 0.3) is 5.91 Å². The molecule has 0 aromatic heterocycles. The molecule has 0 unspecified atom stereocenters. The van der Waals surface area contributed by atoms with Crippen molar-refractivity contribution < 1.29 is 36.3 Å². The molecule has 2 aromatic rings. The second-order valence-electron chi connectivity index (χ2n) is 5.95. The van der Waals surface area contributed by atoms with Gasteiger partial charge in [0, 0.05) is 6.92 Å². The molecule has 0 saturated carbocycles. The van der Waals surface area contributed by atoms with Crippen LogP contribution in [0.2, 0.25) is 0 Å². The van der Waals surface area contributed by atoms with Gasteiger partial charge in [-0.15, -0.1) is 0 Å². The second-order valence-corrected chi connectivity index (χ2v) is 5.95. The summed E-state index contributed by atoms with van der Waals surface area (Å²) in [5, 5.41) is 3.75. The fraction of sp³-hybridized carbons (Fsp3) is 0.105. The van der Waals surface area contributed by atoms with Crippen LogP contribution in [0.4, 0.5) is 27.6 Å². The lowest BCUT2D eigenvalue weighted by molar-refractivity contribution is -0.131. The summed E-state index contributed by atoms with van der Waals surface area (Å²) in [6, 6.07) is 5.97. The quantitative estimate of drug-likeness (QED) is 0.191. The van der Waals surface area contributed by atoms with Gasteiger partial charge in [-0.05, 0) is 30.7 Å². The Morgan fingerprint density at radius 3 is 2.21 bits per heavy atom. The van der Waals surface area contributed by atoms with Crippen molar-refractivity contribution in [3.8, 4) is 5.75 Å². The third kappa shape index (κ3) is 3.60. The third-order valence-electron chi connectivity index (χ3n) is 3.89. The van der Waals surface area contributed by atoms with Gasteiger partial charge in [0.15, 0.2) is 23.3 Å². The Balaban J connectivity index is 2.03. The molecule has 0 spiro atoms. The average molecular weight is 410 g/mol. The van der Waals surface area contributed by atoms with Gasteiger partial charge in [-0.25, -0.2) is 22.0 Å². The van der Waals surface area contributed by atoms with E-state index in [0.29, 0.717) is 5.56 Å². The van der Waals surface area contributed by atoms with E-state index in [9.17, 15) is 31.5 Å². The fourth-order valence-corrected chi connectivity index (χ4v) is 2.62. The topological polar surface area (TPSA) is 59.0 Å². The van der Waals surface area contributed by atoms with E-state index in [2.05, 4.69) is 5.10 Å². The maximum atomic E-state index is 14.0. The number of halogens is 5.